The summed E-state index contributed by atoms with van der Waals surface area (Å²) in [6, 6.07) is 5.53. The summed E-state index contributed by atoms with van der Waals surface area (Å²) in [4.78, 5) is 15.6. The summed E-state index contributed by atoms with van der Waals surface area (Å²) in [6.45, 7) is -0.372. The number of aromatic hydroxyl groups is 1. The summed E-state index contributed by atoms with van der Waals surface area (Å²) in [6.07, 6.45) is 3.43. The number of fused-ring (bicyclic) bond motifs is 1. The van der Waals surface area contributed by atoms with Gasteiger partial charge in [0.05, 0.1) is 17.7 Å². The number of aliphatic carboxylic acids is 1. The molecule has 1 aromatic carbocycles. The van der Waals surface area contributed by atoms with Crippen LogP contribution in [0, 0.1) is 3.95 Å². The Kier molecular flexibility index (Phi) is 4.01. The van der Waals surface area contributed by atoms with Crippen molar-refractivity contribution in [2.45, 2.75) is 6.54 Å². The zero-order valence-electron chi connectivity index (χ0n) is 12.0. The first-order chi connectivity index (χ1) is 11.0. The maximum Gasteiger partial charge on any atom is 0.323 e. The fourth-order valence-corrected chi connectivity index (χ4v) is 3.49. The third-order valence-electron chi connectivity index (χ3n) is 3.33. The first-order valence-electron chi connectivity index (χ1n) is 6.58. The average molecular weight is 348 g/mol. The minimum atomic E-state index is -1.06. The number of nitrogens with zero attached hydrogens (tertiary/aromatic N) is 2. The van der Waals surface area contributed by atoms with Crippen LogP contribution in [0.5, 0.6) is 11.6 Å². The molecule has 0 unspecified atom stereocenters. The lowest BCUT2D eigenvalue weighted by atomic mass is 10.1. The summed E-state index contributed by atoms with van der Waals surface area (Å²) in [7, 11) is 1.59. The number of ether oxygens (including phenoxy) is 1. The minimum Gasteiger partial charge on any atom is -0.497 e. The summed E-state index contributed by atoms with van der Waals surface area (Å²) in [5.74, 6) is -0.508. The van der Waals surface area contributed by atoms with Crippen molar-refractivity contribution in [2.24, 2.45) is 4.99 Å². The van der Waals surface area contributed by atoms with Crippen molar-refractivity contribution < 1.29 is 19.7 Å². The van der Waals surface area contributed by atoms with Gasteiger partial charge in [-0.1, -0.05) is 0 Å². The van der Waals surface area contributed by atoms with Gasteiger partial charge < -0.3 is 14.9 Å². The normalized spacial score (nSPS) is 14.2. The van der Waals surface area contributed by atoms with Gasteiger partial charge in [0.15, 0.2) is 3.95 Å². The van der Waals surface area contributed by atoms with E-state index in [1.807, 2.05) is 18.2 Å². The molecule has 0 atom stereocenters. The van der Waals surface area contributed by atoms with E-state index in [9.17, 15) is 9.90 Å². The zero-order valence-corrected chi connectivity index (χ0v) is 13.6. The van der Waals surface area contributed by atoms with Gasteiger partial charge in [0.1, 0.15) is 12.3 Å². The molecule has 118 valence electrons. The monoisotopic (exact) mass is 348 g/mol. The standard InChI is InChI=1S/C15H12N2O4S2/c1-21-9-2-3-11-10(5-9)8(6-16-11)4-12-14(20)17(7-13(18)19)15(22)23-12/h2-6,20H,7H2,1H3,(H,18,19)/b8-4+. The van der Waals surface area contributed by atoms with Crippen molar-refractivity contribution in [3.05, 3.63) is 32.6 Å². The quantitative estimate of drug-likeness (QED) is 0.828. The number of aromatic nitrogens is 1. The van der Waals surface area contributed by atoms with Crippen LogP contribution < -0.4 is 4.74 Å². The van der Waals surface area contributed by atoms with Gasteiger partial charge >= 0.3 is 5.97 Å². The van der Waals surface area contributed by atoms with E-state index in [0.717, 1.165) is 28.2 Å². The lowest BCUT2D eigenvalue weighted by Crippen LogP contribution is -2.07. The van der Waals surface area contributed by atoms with Crippen LogP contribution in [0.15, 0.2) is 23.2 Å². The van der Waals surface area contributed by atoms with Crippen molar-refractivity contribution in [3.8, 4) is 11.6 Å². The molecule has 0 aliphatic carbocycles. The Labute approximate surface area is 140 Å². The molecule has 2 aromatic rings. The molecule has 1 aliphatic heterocycles. The molecule has 0 amide bonds. The van der Waals surface area contributed by atoms with Gasteiger partial charge in [0.2, 0.25) is 5.88 Å². The fraction of sp³-hybridized carbons (Fsp3) is 0.133. The van der Waals surface area contributed by atoms with E-state index in [2.05, 4.69) is 4.99 Å². The van der Waals surface area contributed by atoms with Crippen molar-refractivity contribution in [2.75, 3.05) is 7.11 Å². The first kappa shape index (κ1) is 15.4. The molecule has 1 aliphatic rings. The number of hydrogen-bond acceptors (Lipinski definition) is 6. The van der Waals surface area contributed by atoms with Crippen LogP contribution in [0.2, 0.25) is 0 Å². The molecule has 1 aromatic heterocycles. The molecule has 0 fully saturated rings. The number of allylic oxidation sites excluding steroid dienone is 1. The van der Waals surface area contributed by atoms with E-state index >= 15 is 0 Å². The highest BCUT2D eigenvalue weighted by Crippen LogP contribution is 2.37. The Morgan fingerprint density at radius 2 is 2.30 bits per heavy atom. The smallest absolute Gasteiger partial charge is 0.323 e. The molecule has 6 nitrogen and oxygen atoms in total. The molecule has 0 spiro atoms. The SMILES string of the molecule is COc1ccc2c(c1)/C(=C/c1sc(=S)n(CC(=O)O)c1O)C=N2. The second-order valence-corrected chi connectivity index (χ2v) is 6.45. The van der Waals surface area contributed by atoms with Crippen LogP contribution in [0.3, 0.4) is 0 Å². The maximum atomic E-state index is 10.8. The Bertz CT molecular complexity index is 909. The Hall–Kier alpha value is -2.45. The topological polar surface area (TPSA) is 84.0 Å². The lowest BCUT2D eigenvalue weighted by Gasteiger charge is -2.04. The van der Waals surface area contributed by atoms with E-state index in [1.165, 1.54) is 4.57 Å². The number of rotatable bonds is 4. The van der Waals surface area contributed by atoms with Crippen molar-refractivity contribution in [1.29, 1.82) is 0 Å². The van der Waals surface area contributed by atoms with Crippen LogP contribution >= 0.6 is 23.6 Å². The Morgan fingerprint density at radius 1 is 1.52 bits per heavy atom. The summed E-state index contributed by atoms with van der Waals surface area (Å²) >= 11 is 6.26. The molecule has 0 saturated heterocycles. The third-order valence-corrected chi connectivity index (χ3v) is 4.72. The minimum absolute atomic E-state index is 0.153. The van der Waals surface area contributed by atoms with Gasteiger partial charge in [-0.3, -0.25) is 14.4 Å². The number of benzene rings is 1. The van der Waals surface area contributed by atoms with E-state index in [0.29, 0.717) is 14.6 Å². The largest absolute Gasteiger partial charge is 0.497 e. The van der Waals surface area contributed by atoms with Crippen molar-refractivity contribution >= 4 is 53.1 Å². The predicted octanol–water partition coefficient (Wildman–Crippen LogP) is 3.33. The highest BCUT2D eigenvalue weighted by Gasteiger charge is 2.17. The van der Waals surface area contributed by atoms with Gasteiger partial charge in [-0.05, 0) is 36.5 Å². The van der Waals surface area contributed by atoms with Crippen molar-refractivity contribution in [3.63, 3.8) is 0 Å². The van der Waals surface area contributed by atoms with Gasteiger partial charge in [-0.25, -0.2) is 0 Å². The fourth-order valence-electron chi connectivity index (χ4n) is 2.23. The molecule has 2 N–H and O–H groups in total. The molecule has 23 heavy (non-hydrogen) atoms. The number of methoxy groups -OCH3 is 1. The number of carboxylic acids is 1. The van der Waals surface area contributed by atoms with E-state index in [4.69, 9.17) is 22.1 Å². The van der Waals surface area contributed by atoms with Crippen LogP contribution in [0.25, 0.3) is 11.6 Å². The number of carbonyl (C=O) groups is 1. The molecular weight excluding hydrogens is 336 g/mol. The second-order valence-electron chi connectivity index (χ2n) is 4.78. The van der Waals surface area contributed by atoms with Crippen LogP contribution in [0.4, 0.5) is 5.69 Å². The van der Waals surface area contributed by atoms with Gasteiger partial charge in [-0.15, -0.1) is 11.3 Å². The van der Waals surface area contributed by atoms with Crippen LogP contribution in [-0.2, 0) is 11.3 Å². The highest BCUT2D eigenvalue weighted by molar-refractivity contribution is 7.73. The molecule has 8 heteroatoms. The van der Waals surface area contributed by atoms with E-state index < -0.39 is 5.97 Å². The maximum absolute atomic E-state index is 10.8. The molecule has 0 radical (unpaired) electrons. The van der Waals surface area contributed by atoms with Crippen LogP contribution in [-0.4, -0.2) is 34.1 Å². The predicted molar refractivity (Wildman–Crippen MR) is 91.5 cm³/mol. The van der Waals surface area contributed by atoms with E-state index in [-0.39, 0.29) is 12.4 Å². The molecular formula is C15H12N2O4S2. The van der Waals surface area contributed by atoms with Gasteiger partial charge in [0.25, 0.3) is 0 Å². The second kappa shape index (κ2) is 5.98. The van der Waals surface area contributed by atoms with Gasteiger partial charge in [0, 0.05) is 17.4 Å². The molecule has 0 saturated carbocycles. The zero-order chi connectivity index (χ0) is 16.6. The highest BCUT2D eigenvalue weighted by atomic mass is 32.1. The average Bonchev–Trinajstić information content (AvgIpc) is 3.03. The number of carboxylic acid groups (broad SMARTS) is 1. The third kappa shape index (κ3) is 2.90. The number of aliphatic imine (C=N–C) groups is 1. The lowest BCUT2D eigenvalue weighted by molar-refractivity contribution is -0.137. The molecule has 2 heterocycles. The van der Waals surface area contributed by atoms with E-state index in [1.54, 1.807) is 19.4 Å². The summed E-state index contributed by atoms with van der Waals surface area (Å²) in [5.41, 5.74) is 2.49. The Balaban J connectivity index is 2.04. The summed E-state index contributed by atoms with van der Waals surface area (Å²) < 4.78 is 6.70. The molecule has 0 bridgehead atoms. The number of thiazole rings is 1. The summed E-state index contributed by atoms with van der Waals surface area (Å²) in [5, 5.41) is 19.1. The Morgan fingerprint density at radius 3 is 3.00 bits per heavy atom. The first-order valence-corrected chi connectivity index (χ1v) is 7.80. The van der Waals surface area contributed by atoms with Crippen molar-refractivity contribution in [1.82, 2.24) is 4.57 Å². The van der Waals surface area contributed by atoms with Gasteiger partial charge in [-0.2, -0.15) is 0 Å². The van der Waals surface area contributed by atoms with Crippen LogP contribution in [0.1, 0.15) is 10.4 Å². The molecule has 3 rings (SSSR count). The number of hydrogen-bond donors (Lipinski definition) is 2.